The second kappa shape index (κ2) is 10.4. The standard InChI is InChI=1S/C13H16N2O4.C11H12N2O3/c1-8-11(13(16)18-4)10(19-7-17-3)5-9-12(8)14-6-15(9)2;1-6-9(11(15)16-3)8(14)4-7-10(6)12-5-13(7)2/h5-6H,7H2,1-4H3;4-5,14H,1-3H3. The number of aryl methyl sites for hydroxylation is 4. The number of imidazole rings is 2. The number of nitrogens with zero attached hydrogens (tertiary/aromatic N) is 4. The molecule has 0 spiro atoms. The van der Waals surface area contributed by atoms with Crippen LogP contribution in [-0.4, -0.2) is 64.3 Å². The molecule has 0 saturated carbocycles. The van der Waals surface area contributed by atoms with Crippen molar-refractivity contribution in [1.82, 2.24) is 19.1 Å². The number of aromatic hydroxyl groups is 1. The molecular weight excluding hydrogens is 456 g/mol. The van der Waals surface area contributed by atoms with Gasteiger partial charge in [-0.05, 0) is 25.0 Å². The SMILES string of the molecule is COC(=O)c1c(O)cc2c(ncn2C)c1C.COCOc1cc2c(ncn2C)c(C)c1C(=O)OC. The molecule has 0 saturated heterocycles. The minimum Gasteiger partial charge on any atom is -0.507 e. The van der Waals surface area contributed by atoms with E-state index in [1.807, 2.05) is 25.6 Å². The van der Waals surface area contributed by atoms with Crippen molar-refractivity contribution in [3.63, 3.8) is 0 Å². The van der Waals surface area contributed by atoms with Gasteiger partial charge in [-0.25, -0.2) is 19.6 Å². The number of carbonyl (C=O) groups excluding carboxylic acids is 2. The number of benzene rings is 2. The molecule has 0 bridgehead atoms. The first kappa shape index (κ1) is 25.5. The molecule has 2 heterocycles. The van der Waals surface area contributed by atoms with Crippen LogP contribution in [0.15, 0.2) is 24.8 Å². The van der Waals surface area contributed by atoms with Crippen LogP contribution in [0.25, 0.3) is 22.1 Å². The smallest absolute Gasteiger partial charge is 0.342 e. The first-order valence-electron chi connectivity index (χ1n) is 10.5. The molecule has 35 heavy (non-hydrogen) atoms. The number of phenolic OH excluding ortho intramolecular Hbond substituents is 1. The average molecular weight is 485 g/mol. The summed E-state index contributed by atoms with van der Waals surface area (Å²) in [7, 11) is 7.85. The molecule has 11 heteroatoms. The van der Waals surface area contributed by atoms with E-state index in [1.165, 1.54) is 27.4 Å². The van der Waals surface area contributed by atoms with E-state index < -0.39 is 11.9 Å². The molecule has 1 N–H and O–H groups in total. The highest BCUT2D eigenvalue weighted by atomic mass is 16.7. The average Bonchev–Trinajstić information content (AvgIpc) is 3.40. The summed E-state index contributed by atoms with van der Waals surface area (Å²) < 4.78 is 23.4. The summed E-state index contributed by atoms with van der Waals surface area (Å²) in [6.45, 7) is 3.62. The van der Waals surface area contributed by atoms with E-state index in [4.69, 9.17) is 14.2 Å². The van der Waals surface area contributed by atoms with E-state index in [0.29, 0.717) is 22.4 Å². The van der Waals surface area contributed by atoms with Gasteiger partial charge >= 0.3 is 11.9 Å². The van der Waals surface area contributed by atoms with Crippen LogP contribution in [0.4, 0.5) is 0 Å². The molecule has 4 aromatic rings. The van der Waals surface area contributed by atoms with Crippen molar-refractivity contribution >= 4 is 34.0 Å². The van der Waals surface area contributed by atoms with Crippen molar-refractivity contribution < 1.29 is 33.6 Å². The maximum absolute atomic E-state index is 11.9. The van der Waals surface area contributed by atoms with E-state index >= 15 is 0 Å². The largest absolute Gasteiger partial charge is 0.507 e. The number of hydrogen-bond acceptors (Lipinski definition) is 9. The van der Waals surface area contributed by atoms with Crippen LogP contribution >= 0.6 is 0 Å². The summed E-state index contributed by atoms with van der Waals surface area (Å²) >= 11 is 0. The zero-order valence-electron chi connectivity index (χ0n) is 20.7. The lowest BCUT2D eigenvalue weighted by Crippen LogP contribution is -2.10. The van der Waals surface area contributed by atoms with Crippen LogP contribution in [-0.2, 0) is 28.3 Å². The summed E-state index contributed by atoms with van der Waals surface area (Å²) in [6, 6.07) is 3.28. The number of hydrogen-bond donors (Lipinski definition) is 1. The van der Waals surface area contributed by atoms with E-state index in [0.717, 1.165) is 22.1 Å². The van der Waals surface area contributed by atoms with Crippen molar-refractivity contribution in [3.8, 4) is 11.5 Å². The molecule has 0 aliphatic carbocycles. The normalized spacial score (nSPS) is 10.7. The number of rotatable bonds is 5. The van der Waals surface area contributed by atoms with Crippen molar-refractivity contribution in [2.24, 2.45) is 14.1 Å². The first-order chi connectivity index (χ1) is 16.7. The van der Waals surface area contributed by atoms with Crippen LogP contribution in [0.1, 0.15) is 31.8 Å². The number of esters is 2. The molecule has 186 valence electrons. The van der Waals surface area contributed by atoms with Gasteiger partial charge in [0.1, 0.15) is 22.6 Å². The summed E-state index contributed by atoms with van der Waals surface area (Å²) in [6.07, 6.45) is 3.33. The van der Waals surface area contributed by atoms with Gasteiger partial charge in [-0.2, -0.15) is 0 Å². The Balaban J connectivity index is 0.000000198. The van der Waals surface area contributed by atoms with Crippen molar-refractivity contribution in [3.05, 3.63) is 47.0 Å². The number of phenols is 1. The molecule has 0 amide bonds. The second-order valence-electron chi connectivity index (χ2n) is 7.75. The zero-order chi connectivity index (χ0) is 25.9. The van der Waals surface area contributed by atoms with Gasteiger partial charge < -0.3 is 33.2 Å². The second-order valence-corrected chi connectivity index (χ2v) is 7.75. The highest BCUT2D eigenvalue weighted by molar-refractivity contribution is 6.00. The molecule has 0 aliphatic heterocycles. The van der Waals surface area contributed by atoms with Gasteiger partial charge in [0.05, 0.1) is 48.9 Å². The zero-order valence-corrected chi connectivity index (χ0v) is 20.7. The monoisotopic (exact) mass is 484 g/mol. The Morgan fingerprint density at radius 3 is 1.86 bits per heavy atom. The van der Waals surface area contributed by atoms with Gasteiger partial charge in [-0.1, -0.05) is 0 Å². The highest BCUT2D eigenvalue weighted by Crippen LogP contribution is 2.31. The Labute approximate surface area is 201 Å². The minimum absolute atomic E-state index is 0.0623. The van der Waals surface area contributed by atoms with E-state index in [2.05, 4.69) is 14.7 Å². The molecule has 0 fully saturated rings. The van der Waals surface area contributed by atoms with E-state index in [-0.39, 0.29) is 18.1 Å². The molecule has 2 aromatic carbocycles. The van der Waals surface area contributed by atoms with Gasteiger partial charge in [-0.3, -0.25) is 0 Å². The van der Waals surface area contributed by atoms with Gasteiger partial charge in [0.15, 0.2) is 6.79 Å². The predicted molar refractivity (Wildman–Crippen MR) is 128 cm³/mol. The Hall–Kier alpha value is -4.12. The minimum atomic E-state index is -0.553. The maximum atomic E-state index is 11.9. The third kappa shape index (κ3) is 4.76. The third-order valence-electron chi connectivity index (χ3n) is 5.58. The van der Waals surface area contributed by atoms with Crippen molar-refractivity contribution in [1.29, 1.82) is 0 Å². The number of methoxy groups -OCH3 is 3. The van der Waals surface area contributed by atoms with E-state index in [1.54, 1.807) is 30.2 Å². The van der Waals surface area contributed by atoms with Crippen LogP contribution in [0.5, 0.6) is 11.5 Å². The molecule has 0 atom stereocenters. The van der Waals surface area contributed by atoms with Crippen LogP contribution in [0.3, 0.4) is 0 Å². The molecule has 0 aliphatic rings. The summed E-state index contributed by atoms with van der Waals surface area (Å²) in [5, 5.41) is 9.79. The van der Waals surface area contributed by atoms with Gasteiger partial charge in [-0.15, -0.1) is 0 Å². The maximum Gasteiger partial charge on any atom is 0.342 e. The first-order valence-corrected chi connectivity index (χ1v) is 10.5. The Morgan fingerprint density at radius 1 is 0.857 bits per heavy atom. The van der Waals surface area contributed by atoms with Gasteiger partial charge in [0, 0.05) is 33.3 Å². The van der Waals surface area contributed by atoms with E-state index in [9.17, 15) is 14.7 Å². The fraction of sp³-hybridized carbons (Fsp3) is 0.333. The number of carbonyl (C=O) groups is 2. The van der Waals surface area contributed by atoms with Crippen LogP contribution in [0, 0.1) is 13.8 Å². The lowest BCUT2D eigenvalue weighted by molar-refractivity contribution is 0.0464. The Morgan fingerprint density at radius 2 is 1.34 bits per heavy atom. The quantitative estimate of drug-likeness (QED) is 0.336. The predicted octanol–water partition coefficient (Wildman–Crippen LogP) is 3.02. The molecule has 0 unspecified atom stereocenters. The summed E-state index contributed by atoms with van der Waals surface area (Å²) in [4.78, 5) is 31.8. The van der Waals surface area contributed by atoms with Crippen LogP contribution < -0.4 is 4.74 Å². The molecule has 2 aromatic heterocycles. The molecule has 11 nitrogen and oxygen atoms in total. The Kier molecular flexibility index (Phi) is 7.60. The number of fused-ring (bicyclic) bond motifs is 2. The van der Waals surface area contributed by atoms with Crippen molar-refractivity contribution in [2.45, 2.75) is 13.8 Å². The Bertz CT molecular complexity index is 1400. The summed E-state index contributed by atoms with van der Waals surface area (Å²) in [5.41, 5.74) is 5.03. The fourth-order valence-electron chi connectivity index (χ4n) is 3.76. The topological polar surface area (TPSA) is 127 Å². The number of aromatic nitrogens is 4. The molecule has 0 radical (unpaired) electrons. The number of ether oxygens (including phenoxy) is 4. The van der Waals surface area contributed by atoms with Gasteiger partial charge in [0.2, 0.25) is 0 Å². The lowest BCUT2D eigenvalue weighted by Gasteiger charge is -2.12. The summed E-state index contributed by atoms with van der Waals surface area (Å²) in [5.74, 6) is -0.651. The molecular formula is C24H28N4O7. The third-order valence-corrected chi connectivity index (χ3v) is 5.58. The fourth-order valence-corrected chi connectivity index (χ4v) is 3.76. The molecule has 4 rings (SSSR count). The van der Waals surface area contributed by atoms with Crippen molar-refractivity contribution in [2.75, 3.05) is 28.1 Å². The van der Waals surface area contributed by atoms with Gasteiger partial charge in [0.25, 0.3) is 0 Å². The van der Waals surface area contributed by atoms with Crippen LogP contribution in [0.2, 0.25) is 0 Å². The lowest BCUT2D eigenvalue weighted by atomic mass is 10.1. The highest BCUT2D eigenvalue weighted by Gasteiger charge is 2.21.